The topological polar surface area (TPSA) is 68.0 Å². The Hall–Kier alpha value is -2.69. The quantitative estimate of drug-likeness (QED) is 0.761. The van der Waals surface area contributed by atoms with Gasteiger partial charge in [0.05, 0.1) is 5.69 Å². The Morgan fingerprint density at radius 2 is 1.89 bits per heavy atom. The van der Waals surface area contributed by atoms with Crippen molar-refractivity contribution in [2.24, 2.45) is 0 Å². The number of nitrogens with zero attached hydrogens (tertiary/aromatic N) is 3. The number of benzene rings is 2. The maximum absolute atomic E-state index is 10.9. The SMILES string of the molecule is Cc1nc(C(=O)O)nn1-c1cccc2ccccc12. The van der Waals surface area contributed by atoms with Gasteiger partial charge in [0, 0.05) is 5.39 Å². The van der Waals surface area contributed by atoms with Crippen LogP contribution in [0.3, 0.4) is 0 Å². The second-order valence-electron chi connectivity index (χ2n) is 4.20. The van der Waals surface area contributed by atoms with Crippen LogP contribution >= 0.6 is 0 Å². The lowest BCUT2D eigenvalue weighted by atomic mass is 10.1. The zero-order chi connectivity index (χ0) is 13.4. The third-order valence-corrected chi connectivity index (χ3v) is 2.96. The van der Waals surface area contributed by atoms with Crippen LogP contribution in [0.2, 0.25) is 0 Å². The highest BCUT2D eigenvalue weighted by Gasteiger charge is 2.14. The second kappa shape index (κ2) is 4.20. The van der Waals surface area contributed by atoms with Crippen molar-refractivity contribution in [3.63, 3.8) is 0 Å². The standard InChI is InChI=1S/C14H11N3O2/c1-9-15-13(14(18)19)16-17(9)12-8-4-6-10-5-2-3-7-11(10)12/h2-8H,1H3,(H,18,19). The first-order valence-corrected chi connectivity index (χ1v) is 5.82. The van der Waals surface area contributed by atoms with Gasteiger partial charge in [-0.05, 0) is 18.4 Å². The molecule has 0 unspecified atom stereocenters. The van der Waals surface area contributed by atoms with Crippen LogP contribution in [0.4, 0.5) is 0 Å². The van der Waals surface area contributed by atoms with Crippen molar-refractivity contribution in [3.8, 4) is 5.69 Å². The highest BCUT2D eigenvalue weighted by atomic mass is 16.4. The third kappa shape index (κ3) is 1.85. The molecule has 3 rings (SSSR count). The van der Waals surface area contributed by atoms with Crippen molar-refractivity contribution in [2.75, 3.05) is 0 Å². The lowest BCUT2D eigenvalue weighted by Crippen LogP contribution is -2.02. The largest absolute Gasteiger partial charge is 0.475 e. The van der Waals surface area contributed by atoms with Crippen molar-refractivity contribution >= 4 is 16.7 Å². The van der Waals surface area contributed by atoms with Gasteiger partial charge in [-0.25, -0.2) is 14.5 Å². The fraction of sp³-hybridized carbons (Fsp3) is 0.0714. The minimum atomic E-state index is -1.12. The summed E-state index contributed by atoms with van der Waals surface area (Å²) in [6.45, 7) is 1.74. The first-order valence-electron chi connectivity index (χ1n) is 5.82. The van der Waals surface area contributed by atoms with Gasteiger partial charge in [0.15, 0.2) is 0 Å². The molecule has 5 nitrogen and oxygen atoms in total. The fourth-order valence-corrected chi connectivity index (χ4v) is 2.10. The summed E-state index contributed by atoms with van der Waals surface area (Å²) in [5, 5.41) is 15.1. The Kier molecular flexibility index (Phi) is 2.52. The second-order valence-corrected chi connectivity index (χ2v) is 4.20. The van der Waals surface area contributed by atoms with Crippen LogP contribution in [0, 0.1) is 6.92 Å². The average Bonchev–Trinajstić information content (AvgIpc) is 2.80. The molecule has 19 heavy (non-hydrogen) atoms. The van der Waals surface area contributed by atoms with Gasteiger partial charge in [0.25, 0.3) is 5.82 Å². The van der Waals surface area contributed by atoms with E-state index in [4.69, 9.17) is 5.11 Å². The summed E-state index contributed by atoms with van der Waals surface area (Å²) in [4.78, 5) is 14.9. The molecule has 3 aromatic rings. The number of carbonyl (C=O) groups is 1. The van der Waals surface area contributed by atoms with Crippen LogP contribution in [0.1, 0.15) is 16.4 Å². The predicted octanol–water partition coefficient (Wildman–Crippen LogP) is 2.43. The molecule has 0 saturated carbocycles. The van der Waals surface area contributed by atoms with Crippen molar-refractivity contribution in [1.82, 2.24) is 14.8 Å². The first-order chi connectivity index (χ1) is 9.16. The van der Waals surface area contributed by atoms with E-state index in [0.717, 1.165) is 16.5 Å². The van der Waals surface area contributed by atoms with E-state index in [1.165, 1.54) is 0 Å². The number of hydrogen-bond donors (Lipinski definition) is 1. The van der Waals surface area contributed by atoms with Gasteiger partial charge in [0.1, 0.15) is 5.82 Å². The van der Waals surface area contributed by atoms with Gasteiger partial charge in [-0.15, -0.1) is 5.10 Å². The van der Waals surface area contributed by atoms with Gasteiger partial charge in [-0.3, -0.25) is 0 Å². The monoisotopic (exact) mass is 253 g/mol. The molecule has 0 saturated heterocycles. The predicted molar refractivity (Wildman–Crippen MR) is 70.6 cm³/mol. The molecule has 0 atom stereocenters. The van der Waals surface area contributed by atoms with E-state index in [2.05, 4.69) is 10.1 Å². The number of fused-ring (bicyclic) bond motifs is 1. The Morgan fingerprint density at radius 1 is 1.16 bits per heavy atom. The summed E-state index contributed by atoms with van der Waals surface area (Å²) in [5.74, 6) is -0.763. The lowest BCUT2D eigenvalue weighted by Gasteiger charge is -2.07. The zero-order valence-electron chi connectivity index (χ0n) is 10.2. The van der Waals surface area contributed by atoms with Crippen LogP contribution in [-0.4, -0.2) is 25.8 Å². The molecule has 0 bridgehead atoms. The van der Waals surface area contributed by atoms with E-state index in [1.807, 2.05) is 42.5 Å². The van der Waals surface area contributed by atoms with E-state index in [9.17, 15) is 4.79 Å². The van der Waals surface area contributed by atoms with Crippen LogP contribution in [0.5, 0.6) is 0 Å². The smallest absolute Gasteiger partial charge is 0.375 e. The normalized spacial score (nSPS) is 10.8. The molecule has 2 aromatic carbocycles. The fourth-order valence-electron chi connectivity index (χ4n) is 2.10. The Bertz CT molecular complexity index is 772. The van der Waals surface area contributed by atoms with Gasteiger partial charge in [-0.2, -0.15) is 0 Å². The molecule has 1 N–H and O–H groups in total. The summed E-state index contributed by atoms with van der Waals surface area (Å²) in [6.07, 6.45) is 0. The molecular weight excluding hydrogens is 242 g/mol. The van der Waals surface area contributed by atoms with Crippen LogP contribution in [0.25, 0.3) is 16.5 Å². The highest BCUT2D eigenvalue weighted by molar-refractivity contribution is 5.90. The molecule has 0 aliphatic heterocycles. The summed E-state index contributed by atoms with van der Waals surface area (Å²) < 4.78 is 1.56. The Balaban J connectivity index is 2.27. The van der Waals surface area contributed by atoms with Crippen molar-refractivity contribution in [3.05, 3.63) is 54.1 Å². The number of hydrogen-bond acceptors (Lipinski definition) is 3. The number of rotatable bonds is 2. The van der Waals surface area contributed by atoms with Crippen LogP contribution < -0.4 is 0 Å². The van der Waals surface area contributed by atoms with Crippen molar-refractivity contribution in [1.29, 1.82) is 0 Å². The molecule has 94 valence electrons. The van der Waals surface area contributed by atoms with Gasteiger partial charge >= 0.3 is 5.97 Å². The van der Waals surface area contributed by atoms with E-state index < -0.39 is 5.97 Å². The first kappa shape index (κ1) is 11.4. The molecule has 0 fully saturated rings. The number of carboxylic acids is 1. The molecule has 0 aliphatic carbocycles. The minimum absolute atomic E-state index is 0.189. The molecule has 0 amide bonds. The Morgan fingerprint density at radius 3 is 2.63 bits per heavy atom. The molecular formula is C14H11N3O2. The van der Waals surface area contributed by atoms with Crippen LogP contribution in [-0.2, 0) is 0 Å². The van der Waals surface area contributed by atoms with Gasteiger partial charge in [-0.1, -0.05) is 36.4 Å². The summed E-state index contributed by atoms with van der Waals surface area (Å²) in [5.41, 5.74) is 0.829. The zero-order valence-corrected chi connectivity index (χ0v) is 10.2. The van der Waals surface area contributed by atoms with Crippen LogP contribution in [0.15, 0.2) is 42.5 Å². The molecule has 1 heterocycles. The Labute approximate surface area is 109 Å². The van der Waals surface area contributed by atoms with E-state index in [0.29, 0.717) is 5.82 Å². The average molecular weight is 253 g/mol. The van der Waals surface area contributed by atoms with Crippen molar-refractivity contribution in [2.45, 2.75) is 6.92 Å². The lowest BCUT2D eigenvalue weighted by molar-refractivity contribution is 0.0683. The summed E-state index contributed by atoms with van der Waals surface area (Å²) in [7, 11) is 0. The van der Waals surface area contributed by atoms with Gasteiger partial charge in [0.2, 0.25) is 0 Å². The third-order valence-electron chi connectivity index (χ3n) is 2.96. The highest BCUT2D eigenvalue weighted by Crippen LogP contribution is 2.22. The van der Waals surface area contributed by atoms with E-state index in [-0.39, 0.29) is 5.82 Å². The van der Waals surface area contributed by atoms with E-state index in [1.54, 1.807) is 11.6 Å². The van der Waals surface area contributed by atoms with E-state index >= 15 is 0 Å². The van der Waals surface area contributed by atoms with Gasteiger partial charge < -0.3 is 5.11 Å². The molecule has 1 aromatic heterocycles. The summed E-state index contributed by atoms with van der Waals surface area (Å²) in [6, 6.07) is 13.7. The number of aromatic nitrogens is 3. The molecule has 0 radical (unpaired) electrons. The molecule has 0 aliphatic rings. The minimum Gasteiger partial charge on any atom is -0.475 e. The molecule has 0 spiro atoms. The number of aryl methyl sites for hydroxylation is 1. The number of aromatic carboxylic acids is 1. The maximum Gasteiger partial charge on any atom is 0.375 e. The molecule has 5 heteroatoms. The van der Waals surface area contributed by atoms with Crippen molar-refractivity contribution < 1.29 is 9.90 Å². The summed E-state index contributed by atoms with van der Waals surface area (Å²) >= 11 is 0. The maximum atomic E-state index is 10.9. The number of carboxylic acid groups (broad SMARTS) is 1.